The SMILES string of the molecule is C=C(C)c1nc(C)nc(Cl)c1N. The second kappa shape index (κ2) is 3.11. The quantitative estimate of drug-likeness (QED) is 0.678. The van der Waals surface area contributed by atoms with Crippen LogP contribution in [0.4, 0.5) is 5.69 Å². The highest BCUT2D eigenvalue weighted by Gasteiger charge is 2.07. The first kappa shape index (κ1) is 9.00. The Balaban J connectivity index is 3.37. The maximum atomic E-state index is 5.75. The second-order valence-corrected chi connectivity index (χ2v) is 2.96. The van der Waals surface area contributed by atoms with E-state index in [1.54, 1.807) is 6.92 Å². The van der Waals surface area contributed by atoms with E-state index < -0.39 is 0 Å². The molecule has 0 amide bonds. The molecule has 0 aromatic carbocycles. The summed E-state index contributed by atoms with van der Waals surface area (Å²) in [6.45, 7) is 7.33. The highest BCUT2D eigenvalue weighted by molar-refractivity contribution is 6.32. The molecule has 0 aliphatic carbocycles. The van der Waals surface area contributed by atoms with Crippen LogP contribution < -0.4 is 5.73 Å². The van der Waals surface area contributed by atoms with E-state index in [2.05, 4.69) is 16.5 Å². The van der Waals surface area contributed by atoms with Gasteiger partial charge in [-0.05, 0) is 19.4 Å². The molecule has 3 nitrogen and oxygen atoms in total. The van der Waals surface area contributed by atoms with Gasteiger partial charge in [-0.1, -0.05) is 18.2 Å². The Labute approximate surface area is 76.3 Å². The van der Waals surface area contributed by atoms with Crippen molar-refractivity contribution in [1.82, 2.24) is 9.97 Å². The lowest BCUT2D eigenvalue weighted by atomic mass is 10.2. The van der Waals surface area contributed by atoms with Crippen LogP contribution in [0.3, 0.4) is 0 Å². The first-order chi connectivity index (χ1) is 5.52. The van der Waals surface area contributed by atoms with Gasteiger partial charge in [0.05, 0.1) is 11.4 Å². The summed E-state index contributed by atoms with van der Waals surface area (Å²) in [7, 11) is 0. The van der Waals surface area contributed by atoms with Gasteiger partial charge in [0.1, 0.15) is 5.82 Å². The first-order valence-electron chi connectivity index (χ1n) is 3.48. The van der Waals surface area contributed by atoms with Crippen molar-refractivity contribution in [3.63, 3.8) is 0 Å². The zero-order chi connectivity index (χ0) is 9.30. The van der Waals surface area contributed by atoms with Gasteiger partial charge in [0.15, 0.2) is 5.15 Å². The van der Waals surface area contributed by atoms with Crippen molar-refractivity contribution < 1.29 is 0 Å². The number of nitrogens with zero attached hydrogens (tertiary/aromatic N) is 2. The lowest BCUT2D eigenvalue weighted by Crippen LogP contribution is -2.01. The maximum absolute atomic E-state index is 5.75. The van der Waals surface area contributed by atoms with E-state index in [4.69, 9.17) is 17.3 Å². The van der Waals surface area contributed by atoms with Gasteiger partial charge in [-0.3, -0.25) is 0 Å². The van der Waals surface area contributed by atoms with Crippen LogP contribution >= 0.6 is 11.6 Å². The Kier molecular flexibility index (Phi) is 2.33. The van der Waals surface area contributed by atoms with Gasteiger partial charge >= 0.3 is 0 Å². The fourth-order valence-corrected chi connectivity index (χ4v) is 1.08. The molecular weight excluding hydrogens is 174 g/mol. The fourth-order valence-electron chi connectivity index (χ4n) is 0.872. The van der Waals surface area contributed by atoms with Gasteiger partial charge < -0.3 is 5.73 Å². The van der Waals surface area contributed by atoms with Crippen LogP contribution in [-0.2, 0) is 0 Å². The normalized spacial score (nSPS) is 9.92. The predicted octanol–water partition coefficient (Wildman–Crippen LogP) is 2.05. The molecule has 64 valence electrons. The molecule has 4 heteroatoms. The van der Waals surface area contributed by atoms with E-state index in [9.17, 15) is 0 Å². The second-order valence-electron chi connectivity index (χ2n) is 2.60. The number of anilines is 1. The van der Waals surface area contributed by atoms with Crippen molar-refractivity contribution in [2.24, 2.45) is 0 Å². The van der Waals surface area contributed by atoms with Crippen LogP contribution in [0.5, 0.6) is 0 Å². The van der Waals surface area contributed by atoms with Crippen LogP contribution in [0, 0.1) is 6.92 Å². The molecule has 12 heavy (non-hydrogen) atoms. The molecule has 1 rings (SSSR count). The van der Waals surface area contributed by atoms with E-state index in [0.717, 1.165) is 5.57 Å². The molecule has 0 spiro atoms. The van der Waals surface area contributed by atoms with Gasteiger partial charge in [-0.25, -0.2) is 9.97 Å². The Morgan fingerprint density at radius 1 is 1.50 bits per heavy atom. The molecule has 0 aliphatic heterocycles. The third kappa shape index (κ3) is 1.56. The van der Waals surface area contributed by atoms with Crippen molar-refractivity contribution in [2.75, 3.05) is 5.73 Å². The number of allylic oxidation sites excluding steroid dienone is 1. The summed E-state index contributed by atoms with van der Waals surface area (Å²) in [5.41, 5.74) is 7.46. The van der Waals surface area contributed by atoms with Crippen LogP contribution in [0.2, 0.25) is 5.15 Å². The van der Waals surface area contributed by atoms with E-state index in [1.165, 1.54) is 0 Å². The standard InChI is InChI=1S/C8H10ClN3/c1-4(2)7-6(10)8(9)12-5(3)11-7/h1,10H2,2-3H3. The van der Waals surface area contributed by atoms with Crippen molar-refractivity contribution in [1.29, 1.82) is 0 Å². The first-order valence-corrected chi connectivity index (χ1v) is 3.85. The van der Waals surface area contributed by atoms with Crippen LogP contribution in [0.25, 0.3) is 5.57 Å². The van der Waals surface area contributed by atoms with Crippen molar-refractivity contribution in [3.05, 3.63) is 23.3 Å². The summed E-state index contributed by atoms with van der Waals surface area (Å²) >= 11 is 5.75. The van der Waals surface area contributed by atoms with E-state index in [1.807, 2.05) is 6.92 Å². The molecule has 0 bridgehead atoms. The van der Waals surface area contributed by atoms with E-state index in [-0.39, 0.29) is 0 Å². The number of hydrogen-bond donors (Lipinski definition) is 1. The molecule has 1 aromatic heterocycles. The van der Waals surface area contributed by atoms with E-state index >= 15 is 0 Å². The van der Waals surface area contributed by atoms with Gasteiger partial charge in [0.25, 0.3) is 0 Å². The molecule has 0 saturated carbocycles. The number of nitrogens with two attached hydrogens (primary N) is 1. The van der Waals surface area contributed by atoms with Gasteiger partial charge in [-0.2, -0.15) is 0 Å². The topological polar surface area (TPSA) is 51.8 Å². The number of nitrogen functional groups attached to an aromatic ring is 1. The van der Waals surface area contributed by atoms with Crippen molar-refractivity contribution >= 4 is 22.9 Å². The molecule has 1 aromatic rings. The predicted molar refractivity (Wildman–Crippen MR) is 50.9 cm³/mol. The van der Waals surface area contributed by atoms with Gasteiger partial charge in [0, 0.05) is 0 Å². The molecule has 0 fully saturated rings. The molecule has 0 saturated heterocycles. The van der Waals surface area contributed by atoms with Crippen molar-refractivity contribution in [3.8, 4) is 0 Å². The molecule has 0 radical (unpaired) electrons. The minimum atomic E-state index is 0.292. The smallest absolute Gasteiger partial charge is 0.156 e. The van der Waals surface area contributed by atoms with Gasteiger partial charge in [0.2, 0.25) is 0 Å². The Morgan fingerprint density at radius 2 is 2.08 bits per heavy atom. The fraction of sp³-hybridized carbons (Fsp3) is 0.250. The summed E-state index contributed by atoms with van der Waals surface area (Å²) in [5, 5.41) is 0.292. The zero-order valence-corrected chi connectivity index (χ0v) is 7.81. The highest BCUT2D eigenvalue weighted by Crippen LogP contribution is 2.23. The number of aryl methyl sites for hydroxylation is 1. The largest absolute Gasteiger partial charge is 0.394 e. The summed E-state index contributed by atoms with van der Waals surface area (Å²) in [6.07, 6.45) is 0. The third-order valence-electron chi connectivity index (χ3n) is 1.42. The highest BCUT2D eigenvalue weighted by atomic mass is 35.5. The summed E-state index contributed by atoms with van der Waals surface area (Å²) in [6, 6.07) is 0. The average molecular weight is 184 g/mol. The monoisotopic (exact) mass is 183 g/mol. The molecule has 1 heterocycles. The summed E-state index contributed by atoms with van der Waals surface area (Å²) in [5.74, 6) is 0.604. The number of hydrogen-bond acceptors (Lipinski definition) is 3. The van der Waals surface area contributed by atoms with Crippen molar-refractivity contribution in [2.45, 2.75) is 13.8 Å². The molecule has 0 aliphatic rings. The minimum absolute atomic E-state index is 0.292. The molecule has 0 atom stereocenters. The molecule has 0 unspecified atom stereocenters. The Morgan fingerprint density at radius 3 is 2.58 bits per heavy atom. The Bertz CT molecular complexity index is 333. The zero-order valence-electron chi connectivity index (χ0n) is 7.06. The van der Waals surface area contributed by atoms with E-state index in [0.29, 0.717) is 22.4 Å². The molecule has 2 N–H and O–H groups in total. The minimum Gasteiger partial charge on any atom is -0.394 e. The maximum Gasteiger partial charge on any atom is 0.156 e. The number of halogens is 1. The van der Waals surface area contributed by atoms with Crippen LogP contribution in [0.15, 0.2) is 6.58 Å². The Hall–Kier alpha value is -1.09. The lowest BCUT2D eigenvalue weighted by Gasteiger charge is -2.05. The average Bonchev–Trinajstić information content (AvgIpc) is 1.96. The number of aromatic nitrogens is 2. The summed E-state index contributed by atoms with van der Waals surface area (Å²) in [4.78, 5) is 8.02. The summed E-state index contributed by atoms with van der Waals surface area (Å²) < 4.78 is 0. The van der Waals surface area contributed by atoms with Gasteiger partial charge in [-0.15, -0.1) is 0 Å². The van der Waals surface area contributed by atoms with Crippen LogP contribution in [0.1, 0.15) is 18.4 Å². The number of rotatable bonds is 1. The lowest BCUT2D eigenvalue weighted by molar-refractivity contribution is 1.04. The molecular formula is C8H10ClN3. The third-order valence-corrected chi connectivity index (χ3v) is 1.70. The van der Waals surface area contributed by atoms with Crippen LogP contribution in [-0.4, -0.2) is 9.97 Å².